The summed E-state index contributed by atoms with van der Waals surface area (Å²) in [4.78, 5) is 27.0. The fourth-order valence-corrected chi connectivity index (χ4v) is 3.60. The first-order valence-electron chi connectivity index (χ1n) is 8.66. The molecule has 0 heterocycles. The van der Waals surface area contributed by atoms with Crippen molar-refractivity contribution in [2.75, 3.05) is 19.4 Å². The summed E-state index contributed by atoms with van der Waals surface area (Å²) in [5.41, 5.74) is 0.977. The van der Waals surface area contributed by atoms with Crippen LogP contribution in [-0.4, -0.2) is 36.2 Å². The molecule has 0 spiro atoms. The van der Waals surface area contributed by atoms with Gasteiger partial charge in [-0.15, -0.1) is 11.8 Å². The number of hydrogen-bond acceptors (Lipinski definition) is 4. The van der Waals surface area contributed by atoms with E-state index in [1.807, 2.05) is 48.5 Å². The zero-order chi connectivity index (χ0) is 19.1. The summed E-state index contributed by atoms with van der Waals surface area (Å²) in [7, 11) is 1.33. The van der Waals surface area contributed by atoms with Crippen molar-refractivity contribution in [2.45, 2.75) is 11.4 Å². The van der Waals surface area contributed by atoms with Crippen LogP contribution >= 0.6 is 11.8 Å². The number of benzene rings is 3. The summed E-state index contributed by atoms with van der Waals surface area (Å²) in [5, 5.41) is 2.32. The van der Waals surface area contributed by atoms with Gasteiger partial charge in [0.05, 0.1) is 12.9 Å². The molecule has 0 aliphatic heterocycles. The number of thioether (sulfide) groups is 1. The number of fused-ring (bicyclic) bond motifs is 1. The minimum absolute atomic E-state index is 0.0531. The van der Waals surface area contributed by atoms with Gasteiger partial charge in [0.1, 0.15) is 6.54 Å². The molecule has 0 aliphatic rings. The fourth-order valence-electron chi connectivity index (χ4n) is 2.75. The molecule has 0 N–H and O–H groups in total. The van der Waals surface area contributed by atoms with E-state index in [4.69, 9.17) is 4.74 Å². The van der Waals surface area contributed by atoms with Crippen molar-refractivity contribution in [1.82, 2.24) is 4.90 Å². The molecule has 0 bridgehead atoms. The molecule has 0 radical (unpaired) electrons. The minimum Gasteiger partial charge on any atom is -0.468 e. The molecule has 3 aromatic carbocycles. The first-order valence-corrected chi connectivity index (χ1v) is 9.64. The average molecular weight is 379 g/mol. The van der Waals surface area contributed by atoms with Gasteiger partial charge in [0.25, 0.3) is 0 Å². The molecule has 5 heteroatoms. The zero-order valence-electron chi connectivity index (χ0n) is 15.1. The Bertz CT molecular complexity index is 927. The molecule has 0 saturated heterocycles. The van der Waals surface area contributed by atoms with Gasteiger partial charge in [-0.05, 0) is 28.5 Å². The van der Waals surface area contributed by atoms with Crippen molar-refractivity contribution in [3.8, 4) is 0 Å². The zero-order valence-corrected chi connectivity index (χ0v) is 15.9. The van der Waals surface area contributed by atoms with Gasteiger partial charge >= 0.3 is 5.97 Å². The van der Waals surface area contributed by atoms with E-state index in [1.165, 1.54) is 29.2 Å². The summed E-state index contributed by atoms with van der Waals surface area (Å²) in [5.74, 6) is -0.250. The van der Waals surface area contributed by atoms with Crippen LogP contribution in [0.5, 0.6) is 0 Å². The third-order valence-corrected chi connectivity index (χ3v) is 5.18. The van der Waals surface area contributed by atoms with Crippen LogP contribution in [0.4, 0.5) is 0 Å². The number of rotatable bonds is 7. The molecule has 0 saturated carbocycles. The second kappa shape index (κ2) is 9.24. The lowest BCUT2D eigenvalue weighted by molar-refractivity contribution is -0.146. The van der Waals surface area contributed by atoms with Crippen LogP contribution < -0.4 is 0 Å². The fraction of sp³-hybridized carbons (Fsp3) is 0.182. The van der Waals surface area contributed by atoms with E-state index in [2.05, 4.69) is 24.3 Å². The number of esters is 1. The highest BCUT2D eigenvalue weighted by Crippen LogP contribution is 2.24. The maximum atomic E-state index is 12.7. The molecule has 0 fully saturated rings. The monoisotopic (exact) mass is 379 g/mol. The van der Waals surface area contributed by atoms with Crippen LogP contribution in [0.2, 0.25) is 0 Å². The maximum absolute atomic E-state index is 12.7. The van der Waals surface area contributed by atoms with Crippen molar-refractivity contribution in [3.63, 3.8) is 0 Å². The molecule has 0 atom stereocenters. The van der Waals surface area contributed by atoms with Crippen LogP contribution in [0.3, 0.4) is 0 Å². The first-order chi connectivity index (χ1) is 13.2. The van der Waals surface area contributed by atoms with Crippen LogP contribution in [0.1, 0.15) is 5.56 Å². The second-order valence-electron chi connectivity index (χ2n) is 6.11. The Labute approximate surface area is 163 Å². The van der Waals surface area contributed by atoms with Crippen molar-refractivity contribution < 1.29 is 14.3 Å². The molecule has 0 aliphatic carbocycles. The lowest BCUT2D eigenvalue weighted by Gasteiger charge is -2.21. The Hall–Kier alpha value is -2.79. The van der Waals surface area contributed by atoms with E-state index < -0.39 is 5.97 Å². The van der Waals surface area contributed by atoms with Gasteiger partial charge in [-0.2, -0.15) is 0 Å². The molecular formula is C22H21NO3S. The number of nitrogens with zero attached hydrogens (tertiary/aromatic N) is 1. The molecule has 138 valence electrons. The van der Waals surface area contributed by atoms with Crippen LogP contribution in [-0.2, 0) is 20.9 Å². The minimum atomic E-state index is -0.421. The van der Waals surface area contributed by atoms with E-state index in [9.17, 15) is 9.59 Å². The maximum Gasteiger partial charge on any atom is 0.325 e. The topological polar surface area (TPSA) is 46.6 Å². The molecular weight excluding hydrogens is 358 g/mol. The molecule has 3 rings (SSSR count). The predicted octanol–water partition coefficient (Wildman–Crippen LogP) is 4.13. The number of methoxy groups -OCH3 is 1. The van der Waals surface area contributed by atoms with Crippen LogP contribution in [0, 0.1) is 0 Å². The van der Waals surface area contributed by atoms with Gasteiger partial charge in [-0.3, -0.25) is 9.59 Å². The molecule has 4 nitrogen and oxygen atoms in total. The Morgan fingerprint density at radius 3 is 2.37 bits per heavy atom. The van der Waals surface area contributed by atoms with Crippen molar-refractivity contribution >= 4 is 34.4 Å². The number of carbonyl (C=O) groups excluding carboxylic acids is 2. The predicted molar refractivity (Wildman–Crippen MR) is 109 cm³/mol. The van der Waals surface area contributed by atoms with Crippen LogP contribution in [0.25, 0.3) is 10.8 Å². The standard InChI is InChI=1S/C22H21NO3S/c1-26-22(25)15-23(14-17-7-3-2-4-8-17)21(24)16-27-20-12-11-18-9-5-6-10-19(18)13-20/h2-13H,14-16H2,1H3. The number of carbonyl (C=O) groups is 2. The Balaban J connectivity index is 1.67. The SMILES string of the molecule is COC(=O)CN(Cc1ccccc1)C(=O)CSc1ccc2ccccc2c1. The molecule has 0 unspecified atom stereocenters. The van der Waals surface area contributed by atoms with Gasteiger partial charge in [-0.1, -0.05) is 60.7 Å². The van der Waals surface area contributed by atoms with Crippen LogP contribution in [0.15, 0.2) is 77.7 Å². The van der Waals surface area contributed by atoms with Gasteiger partial charge in [0.2, 0.25) is 5.91 Å². The van der Waals surface area contributed by atoms with E-state index in [-0.39, 0.29) is 18.2 Å². The van der Waals surface area contributed by atoms with E-state index in [0.717, 1.165) is 15.8 Å². The van der Waals surface area contributed by atoms with Gasteiger partial charge < -0.3 is 9.64 Å². The third-order valence-electron chi connectivity index (χ3n) is 4.20. The van der Waals surface area contributed by atoms with Gasteiger partial charge in [-0.25, -0.2) is 0 Å². The highest BCUT2D eigenvalue weighted by molar-refractivity contribution is 8.00. The van der Waals surface area contributed by atoms with E-state index in [0.29, 0.717) is 6.54 Å². The third kappa shape index (κ3) is 5.34. The van der Waals surface area contributed by atoms with Gasteiger partial charge in [0, 0.05) is 11.4 Å². The second-order valence-corrected chi connectivity index (χ2v) is 7.16. The lowest BCUT2D eigenvalue weighted by atomic mass is 10.1. The normalized spacial score (nSPS) is 10.6. The Kier molecular flexibility index (Phi) is 6.49. The first kappa shape index (κ1) is 19.0. The summed E-state index contributed by atoms with van der Waals surface area (Å²) in [6.07, 6.45) is 0. The van der Waals surface area contributed by atoms with E-state index >= 15 is 0 Å². The Morgan fingerprint density at radius 1 is 0.926 bits per heavy atom. The highest BCUT2D eigenvalue weighted by atomic mass is 32.2. The molecule has 3 aromatic rings. The Morgan fingerprint density at radius 2 is 1.63 bits per heavy atom. The van der Waals surface area contributed by atoms with Crippen molar-refractivity contribution in [3.05, 3.63) is 78.4 Å². The van der Waals surface area contributed by atoms with Crippen molar-refractivity contribution in [1.29, 1.82) is 0 Å². The highest BCUT2D eigenvalue weighted by Gasteiger charge is 2.18. The summed E-state index contributed by atoms with van der Waals surface area (Å²) in [6.45, 7) is 0.329. The molecule has 0 aromatic heterocycles. The largest absolute Gasteiger partial charge is 0.468 e. The quantitative estimate of drug-likeness (QED) is 0.457. The summed E-state index contributed by atoms with van der Waals surface area (Å²) in [6, 6.07) is 23.9. The number of amides is 1. The number of hydrogen-bond donors (Lipinski definition) is 0. The summed E-state index contributed by atoms with van der Waals surface area (Å²) < 4.78 is 4.74. The summed E-state index contributed by atoms with van der Waals surface area (Å²) >= 11 is 1.47. The van der Waals surface area contributed by atoms with Crippen molar-refractivity contribution in [2.24, 2.45) is 0 Å². The lowest BCUT2D eigenvalue weighted by Crippen LogP contribution is -2.36. The average Bonchev–Trinajstić information content (AvgIpc) is 2.72. The van der Waals surface area contributed by atoms with E-state index in [1.54, 1.807) is 0 Å². The number of ether oxygens (including phenoxy) is 1. The molecule has 27 heavy (non-hydrogen) atoms. The van der Waals surface area contributed by atoms with Gasteiger partial charge in [0.15, 0.2) is 0 Å². The molecule has 1 amide bonds. The smallest absolute Gasteiger partial charge is 0.325 e.